The SMILES string of the molecule is CC(C)C[C@H](NC(=O)C1CCCCC1)C(O)C(=O)NNc1ccccc1. The van der Waals surface area contributed by atoms with Crippen LogP contribution in [0.5, 0.6) is 0 Å². The lowest BCUT2D eigenvalue weighted by molar-refractivity contribution is -0.133. The summed E-state index contributed by atoms with van der Waals surface area (Å²) >= 11 is 0. The fraction of sp³-hybridized carbons (Fsp3) is 0.600. The Labute approximate surface area is 155 Å². The zero-order valence-electron chi connectivity index (χ0n) is 15.7. The van der Waals surface area contributed by atoms with E-state index in [1.165, 1.54) is 6.42 Å². The molecule has 1 aliphatic carbocycles. The van der Waals surface area contributed by atoms with Gasteiger partial charge in [-0.3, -0.25) is 20.4 Å². The molecule has 0 aliphatic heterocycles. The van der Waals surface area contributed by atoms with Crippen LogP contribution < -0.4 is 16.2 Å². The lowest BCUT2D eigenvalue weighted by atomic mass is 9.88. The van der Waals surface area contributed by atoms with Crippen molar-refractivity contribution in [1.82, 2.24) is 10.7 Å². The van der Waals surface area contributed by atoms with Gasteiger partial charge >= 0.3 is 0 Å². The summed E-state index contributed by atoms with van der Waals surface area (Å²) in [5.74, 6) is -0.353. The lowest BCUT2D eigenvalue weighted by Gasteiger charge is -2.28. The molecule has 2 rings (SSSR count). The number of carbonyl (C=O) groups is 2. The highest BCUT2D eigenvalue weighted by Gasteiger charge is 2.31. The molecule has 4 N–H and O–H groups in total. The van der Waals surface area contributed by atoms with E-state index in [9.17, 15) is 14.7 Å². The van der Waals surface area contributed by atoms with E-state index in [4.69, 9.17) is 0 Å². The van der Waals surface area contributed by atoms with Crippen molar-refractivity contribution in [2.45, 2.75) is 64.5 Å². The number of anilines is 1. The van der Waals surface area contributed by atoms with Crippen LogP contribution >= 0.6 is 0 Å². The normalized spacial score (nSPS) is 17.4. The van der Waals surface area contributed by atoms with Gasteiger partial charge in [0.2, 0.25) is 5.91 Å². The molecule has 2 amide bonds. The first-order valence-corrected chi connectivity index (χ1v) is 9.56. The molecule has 2 atom stereocenters. The van der Waals surface area contributed by atoms with Crippen molar-refractivity contribution >= 4 is 17.5 Å². The molecule has 0 bridgehead atoms. The van der Waals surface area contributed by atoms with E-state index in [-0.39, 0.29) is 17.7 Å². The zero-order valence-corrected chi connectivity index (χ0v) is 15.7. The number of para-hydroxylation sites is 1. The molecule has 1 unspecified atom stereocenters. The number of aliphatic hydroxyl groups excluding tert-OH is 1. The number of hydrazine groups is 1. The van der Waals surface area contributed by atoms with Gasteiger partial charge in [-0.15, -0.1) is 0 Å². The summed E-state index contributed by atoms with van der Waals surface area (Å²) in [4.78, 5) is 24.8. The Hall–Kier alpha value is -2.08. The van der Waals surface area contributed by atoms with Gasteiger partial charge < -0.3 is 10.4 Å². The topological polar surface area (TPSA) is 90.5 Å². The monoisotopic (exact) mass is 361 g/mol. The van der Waals surface area contributed by atoms with Gasteiger partial charge in [0.1, 0.15) is 0 Å². The Balaban J connectivity index is 1.92. The maximum Gasteiger partial charge on any atom is 0.269 e. The van der Waals surface area contributed by atoms with Crippen LogP contribution in [-0.4, -0.2) is 29.1 Å². The molecule has 6 nitrogen and oxygen atoms in total. The molecule has 1 aliphatic rings. The van der Waals surface area contributed by atoms with Crippen LogP contribution in [0.1, 0.15) is 52.4 Å². The van der Waals surface area contributed by atoms with E-state index in [0.717, 1.165) is 31.4 Å². The molecule has 0 aromatic heterocycles. The Morgan fingerprint density at radius 3 is 2.38 bits per heavy atom. The minimum absolute atomic E-state index is 0.00360. The maximum absolute atomic E-state index is 12.5. The number of rotatable bonds is 8. The molecule has 26 heavy (non-hydrogen) atoms. The molecule has 0 spiro atoms. The highest BCUT2D eigenvalue weighted by molar-refractivity contribution is 5.84. The number of aliphatic hydroxyl groups is 1. The second-order valence-electron chi connectivity index (χ2n) is 7.50. The summed E-state index contributed by atoms with van der Waals surface area (Å²) in [6, 6.07) is 8.59. The van der Waals surface area contributed by atoms with Gasteiger partial charge in [-0.2, -0.15) is 0 Å². The first kappa shape index (κ1) is 20.2. The molecule has 1 aromatic rings. The van der Waals surface area contributed by atoms with Crippen molar-refractivity contribution in [3.05, 3.63) is 30.3 Å². The van der Waals surface area contributed by atoms with Crippen LogP contribution in [0.15, 0.2) is 30.3 Å². The summed E-state index contributed by atoms with van der Waals surface area (Å²) < 4.78 is 0. The number of hydrogen-bond acceptors (Lipinski definition) is 4. The third-order valence-corrected chi connectivity index (χ3v) is 4.78. The van der Waals surface area contributed by atoms with Crippen LogP contribution in [0.3, 0.4) is 0 Å². The third-order valence-electron chi connectivity index (χ3n) is 4.78. The second-order valence-corrected chi connectivity index (χ2v) is 7.50. The van der Waals surface area contributed by atoms with Crippen LogP contribution in [0, 0.1) is 11.8 Å². The second kappa shape index (κ2) is 10.2. The Bertz CT molecular complexity index is 571. The van der Waals surface area contributed by atoms with Crippen LogP contribution in [0.2, 0.25) is 0 Å². The smallest absolute Gasteiger partial charge is 0.269 e. The van der Waals surface area contributed by atoms with Crippen molar-refractivity contribution in [2.24, 2.45) is 11.8 Å². The van der Waals surface area contributed by atoms with Crippen LogP contribution in [0.4, 0.5) is 5.69 Å². The predicted octanol–water partition coefficient (Wildman–Crippen LogP) is 2.60. The molecule has 6 heteroatoms. The lowest BCUT2D eigenvalue weighted by Crippen LogP contribution is -2.53. The van der Waals surface area contributed by atoms with Gasteiger partial charge in [0.25, 0.3) is 5.91 Å². The molecule has 1 aromatic carbocycles. The standard InChI is InChI=1S/C20H31N3O3/c1-14(2)13-17(21-19(25)15-9-5-3-6-10-15)18(24)20(26)23-22-16-11-7-4-8-12-16/h4,7-8,11-12,14-15,17-18,22,24H,3,5-6,9-10,13H2,1-2H3,(H,21,25)(H,23,26)/t17-,18?/m0/s1. The average Bonchev–Trinajstić information content (AvgIpc) is 2.66. The summed E-state index contributed by atoms with van der Waals surface area (Å²) in [7, 11) is 0. The Kier molecular flexibility index (Phi) is 7.91. The van der Waals surface area contributed by atoms with Gasteiger partial charge in [0.15, 0.2) is 6.10 Å². The zero-order chi connectivity index (χ0) is 18.9. The summed E-state index contributed by atoms with van der Waals surface area (Å²) in [5.41, 5.74) is 6.01. The molecule has 0 radical (unpaired) electrons. The minimum atomic E-state index is -1.30. The van der Waals surface area contributed by atoms with Gasteiger partial charge in [-0.05, 0) is 37.3 Å². The number of carbonyl (C=O) groups excluding carboxylic acids is 2. The van der Waals surface area contributed by atoms with E-state index >= 15 is 0 Å². The van der Waals surface area contributed by atoms with E-state index in [2.05, 4.69) is 16.2 Å². The average molecular weight is 361 g/mol. The Morgan fingerprint density at radius 2 is 1.77 bits per heavy atom. The largest absolute Gasteiger partial charge is 0.381 e. The minimum Gasteiger partial charge on any atom is -0.381 e. The van der Waals surface area contributed by atoms with Crippen LogP contribution in [-0.2, 0) is 9.59 Å². The summed E-state index contributed by atoms with van der Waals surface area (Å²) in [6.07, 6.45) is 4.32. The molecule has 1 saturated carbocycles. The van der Waals surface area contributed by atoms with Gasteiger partial charge in [-0.25, -0.2) is 0 Å². The summed E-state index contributed by atoms with van der Waals surface area (Å²) in [6.45, 7) is 4.01. The molecular weight excluding hydrogens is 330 g/mol. The first-order valence-electron chi connectivity index (χ1n) is 9.56. The van der Waals surface area contributed by atoms with E-state index in [1.807, 2.05) is 44.2 Å². The van der Waals surface area contributed by atoms with Crippen molar-refractivity contribution in [2.75, 3.05) is 5.43 Å². The molecule has 0 saturated heterocycles. The maximum atomic E-state index is 12.5. The van der Waals surface area contributed by atoms with Gasteiger partial charge in [0.05, 0.1) is 11.7 Å². The van der Waals surface area contributed by atoms with E-state index in [0.29, 0.717) is 6.42 Å². The third kappa shape index (κ3) is 6.33. The predicted molar refractivity (Wildman–Crippen MR) is 102 cm³/mol. The van der Waals surface area contributed by atoms with Crippen molar-refractivity contribution in [1.29, 1.82) is 0 Å². The number of nitrogens with one attached hydrogen (secondary N) is 3. The molecule has 144 valence electrons. The highest BCUT2D eigenvalue weighted by atomic mass is 16.3. The van der Waals surface area contributed by atoms with Crippen molar-refractivity contribution < 1.29 is 14.7 Å². The molecule has 0 heterocycles. The quantitative estimate of drug-likeness (QED) is 0.536. The van der Waals surface area contributed by atoms with Crippen LogP contribution in [0.25, 0.3) is 0 Å². The molecule has 1 fully saturated rings. The van der Waals surface area contributed by atoms with Gasteiger partial charge in [0, 0.05) is 5.92 Å². The fourth-order valence-corrected chi connectivity index (χ4v) is 3.35. The Morgan fingerprint density at radius 1 is 1.12 bits per heavy atom. The first-order chi connectivity index (χ1) is 12.5. The summed E-state index contributed by atoms with van der Waals surface area (Å²) in [5, 5.41) is 13.4. The number of amides is 2. The fourth-order valence-electron chi connectivity index (χ4n) is 3.35. The highest BCUT2D eigenvalue weighted by Crippen LogP contribution is 2.24. The number of benzene rings is 1. The van der Waals surface area contributed by atoms with E-state index in [1.54, 1.807) is 0 Å². The number of hydrogen-bond donors (Lipinski definition) is 4. The van der Waals surface area contributed by atoms with Crippen molar-refractivity contribution in [3.63, 3.8) is 0 Å². The van der Waals surface area contributed by atoms with E-state index < -0.39 is 18.1 Å². The molecular formula is C20H31N3O3. The van der Waals surface area contributed by atoms with Crippen molar-refractivity contribution in [3.8, 4) is 0 Å². The van der Waals surface area contributed by atoms with Gasteiger partial charge in [-0.1, -0.05) is 51.3 Å².